The lowest BCUT2D eigenvalue weighted by Crippen LogP contribution is -2.41. The molecule has 13 heteroatoms. The highest BCUT2D eigenvalue weighted by atomic mass is 35.5. The molecule has 4 rings (SSSR count). The maximum Gasteiger partial charge on any atom is 0.294 e. The standard InChI is InChI=1S/C22H15ClF5N5O2/c23-15-2-1-14(10-3-4-33-16(7-10)31-21(29)32-33)18(26)17(15)20(35)30-9-22(27,28)19(34)11-5-12(24)8-13(25)6-11/h1-8,19,34H,9H2,(H2,29,32)(H,30,35)/t19-/m1/s1. The second kappa shape index (κ2) is 9.12. The molecule has 0 aliphatic heterocycles. The number of carbonyl (C=O) groups excluding carboxylic acids is 1. The highest BCUT2D eigenvalue weighted by Crippen LogP contribution is 2.33. The molecule has 2 heterocycles. The number of nitrogens with two attached hydrogens (primary N) is 1. The van der Waals surface area contributed by atoms with E-state index in [1.807, 2.05) is 5.32 Å². The van der Waals surface area contributed by atoms with Crippen LogP contribution in [0, 0.1) is 17.5 Å². The zero-order chi connectivity index (χ0) is 25.5. The quantitative estimate of drug-likeness (QED) is 0.337. The van der Waals surface area contributed by atoms with Crippen LogP contribution in [-0.4, -0.2) is 38.1 Å². The van der Waals surface area contributed by atoms with Crippen LogP contribution in [0.3, 0.4) is 0 Å². The van der Waals surface area contributed by atoms with E-state index < -0.39 is 53.1 Å². The predicted octanol–water partition coefficient (Wildman–Crippen LogP) is 4.15. The molecule has 182 valence electrons. The molecule has 0 aliphatic carbocycles. The van der Waals surface area contributed by atoms with Crippen molar-refractivity contribution in [3.63, 3.8) is 0 Å². The molecule has 0 radical (unpaired) electrons. The molecule has 0 saturated heterocycles. The molecule has 7 nitrogen and oxygen atoms in total. The zero-order valence-electron chi connectivity index (χ0n) is 17.4. The number of nitrogens with one attached hydrogen (secondary N) is 1. The number of alkyl halides is 2. The van der Waals surface area contributed by atoms with Crippen LogP contribution in [0.4, 0.5) is 27.9 Å². The van der Waals surface area contributed by atoms with Gasteiger partial charge in [0.25, 0.3) is 11.8 Å². The molecule has 2 aromatic carbocycles. The van der Waals surface area contributed by atoms with Crippen LogP contribution in [0.5, 0.6) is 0 Å². The average Bonchev–Trinajstić information content (AvgIpc) is 3.16. The Morgan fingerprint density at radius 2 is 1.83 bits per heavy atom. The number of carbonyl (C=O) groups is 1. The number of aliphatic hydroxyl groups excluding tert-OH is 1. The fourth-order valence-corrected chi connectivity index (χ4v) is 3.64. The zero-order valence-corrected chi connectivity index (χ0v) is 18.2. The Morgan fingerprint density at radius 1 is 1.14 bits per heavy atom. The SMILES string of the molecule is Nc1nc2cc(-c3ccc(Cl)c(C(=O)NCC(F)(F)[C@H](O)c4cc(F)cc(F)c4)c3F)ccn2n1. The monoisotopic (exact) mass is 511 g/mol. The fraction of sp³-hybridized carbons (Fsp3) is 0.136. The Labute approximate surface area is 199 Å². The van der Waals surface area contributed by atoms with E-state index in [2.05, 4.69) is 10.1 Å². The number of nitrogens with zero attached hydrogens (tertiary/aromatic N) is 3. The molecule has 2 aromatic heterocycles. The molecule has 4 N–H and O–H groups in total. The van der Waals surface area contributed by atoms with Crippen molar-refractivity contribution in [1.29, 1.82) is 0 Å². The van der Waals surface area contributed by atoms with Crippen LogP contribution in [-0.2, 0) is 0 Å². The second-order valence-corrected chi connectivity index (χ2v) is 7.93. The third-order valence-electron chi connectivity index (χ3n) is 5.07. The first-order chi connectivity index (χ1) is 16.5. The molecule has 1 amide bonds. The average molecular weight is 512 g/mol. The molecule has 0 aliphatic rings. The van der Waals surface area contributed by atoms with Gasteiger partial charge < -0.3 is 16.2 Å². The summed E-state index contributed by atoms with van der Waals surface area (Å²) in [5.74, 6) is -8.80. The topological polar surface area (TPSA) is 106 Å². The van der Waals surface area contributed by atoms with Gasteiger partial charge >= 0.3 is 0 Å². The smallest absolute Gasteiger partial charge is 0.294 e. The number of amides is 1. The lowest BCUT2D eigenvalue weighted by Gasteiger charge is -2.23. The summed E-state index contributed by atoms with van der Waals surface area (Å²) in [4.78, 5) is 16.5. The van der Waals surface area contributed by atoms with Crippen LogP contribution in [0.1, 0.15) is 22.0 Å². The van der Waals surface area contributed by atoms with E-state index in [-0.39, 0.29) is 22.1 Å². The van der Waals surface area contributed by atoms with E-state index in [1.165, 1.54) is 35.0 Å². The molecule has 35 heavy (non-hydrogen) atoms. The van der Waals surface area contributed by atoms with Gasteiger partial charge in [0.2, 0.25) is 5.95 Å². The van der Waals surface area contributed by atoms with Crippen molar-refractivity contribution in [2.75, 3.05) is 12.3 Å². The Bertz CT molecular complexity index is 1430. The van der Waals surface area contributed by atoms with E-state index in [1.54, 1.807) is 0 Å². The normalized spacial score (nSPS) is 12.7. The van der Waals surface area contributed by atoms with Gasteiger partial charge in [-0.25, -0.2) is 26.5 Å². The van der Waals surface area contributed by atoms with Crippen LogP contribution in [0.25, 0.3) is 16.8 Å². The minimum Gasteiger partial charge on any atom is -0.382 e. The van der Waals surface area contributed by atoms with Crippen molar-refractivity contribution in [1.82, 2.24) is 19.9 Å². The van der Waals surface area contributed by atoms with Crippen LogP contribution < -0.4 is 11.1 Å². The minimum atomic E-state index is -4.06. The Morgan fingerprint density at radius 3 is 2.51 bits per heavy atom. The van der Waals surface area contributed by atoms with Gasteiger partial charge in [0, 0.05) is 17.8 Å². The molecule has 0 spiro atoms. The molecule has 0 fully saturated rings. The molecule has 4 aromatic rings. The summed E-state index contributed by atoms with van der Waals surface area (Å²) in [6.07, 6.45) is -1.19. The summed E-state index contributed by atoms with van der Waals surface area (Å²) in [6, 6.07) is 6.92. The number of aliphatic hydroxyl groups is 1. The number of benzene rings is 2. The molecule has 0 unspecified atom stereocenters. The molecule has 0 bridgehead atoms. The second-order valence-electron chi connectivity index (χ2n) is 7.52. The third-order valence-corrected chi connectivity index (χ3v) is 5.38. The van der Waals surface area contributed by atoms with Gasteiger partial charge in [-0.1, -0.05) is 11.6 Å². The molecular weight excluding hydrogens is 497 g/mol. The summed E-state index contributed by atoms with van der Waals surface area (Å²) >= 11 is 5.96. The van der Waals surface area contributed by atoms with Crippen LogP contribution in [0.15, 0.2) is 48.7 Å². The summed E-state index contributed by atoms with van der Waals surface area (Å²) in [7, 11) is 0. The van der Waals surface area contributed by atoms with Crippen LogP contribution in [0.2, 0.25) is 5.02 Å². The number of hydrogen-bond donors (Lipinski definition) is 3. The Hall–Kier alpha value is -3.77. The maximum absolute atomic E-state index is 15.3. The third kappa shape index (κ3) is 4.88. The summed E-state index contributed by atoms with van der Waals surface area (Å²) in [6.45, 7) is -1.48. The number of aromatic nitrogens is 3. The van der Waals surface area contributed by atoms with Crippen molar-refractivity contribution >= 4 is 29.1 Å². The van der Waals surface area contributed by atoms with E-state index in [9.17, 15) is 27.5 Å². The number of nitrogen functional groups attached to an aromatic ring is 1. The minimum absolute atomic E-state index is 0.0112. The van der Waals surface area contributed by atoms with Gasteiger partial charge in [-0.2, -0.15) is 4.98 Å². The van der Waals surface area contributed by atoms with Crippen LogP contribution >= 0.6 is 11.6 Å². The van der Waals surface area contributed by atoms with Gasteiger partial charge in [0.1, 0.15) is 23.6 Å². The lowest BCUT2D eigenvalue weighted by molar-refractivity contribution is -0.106. The fourth-order valence-electron chi connectivity index (χ4n) is 3.41. The summed E-state index contributed by atoms with van der Waals surface area (Å²) in [5, 5.41) is 15.3. The lowest BCUT2D eigenvalue weighted by atomic mass is 10.0. The van der Waals surface area contributed by atoms with Crippen molar-refractivity contribution in [3.8, 4) is 11.1 Å². The summed E-state index contributed by atoms with van der Waals surface area (Å²) < 4.78 is 72.2. The first kappa shape index (κ1) is 24.4. The van der Waals surface area contributed by atoms with E-state index >= 15 is 4.39 Å². The number of hydrogen-bond acceptors (Lipinski definition) is 5. The molecule has 1 atom stereocenters. The van der Waals surface area contributed by atoms with E-state index in [0.717, 1.165) is 0 Å². The first-order valence-electron chi connectivity index (χ1n) is 9.86. The number of pyridine rings is 1. The highest BCUT2D eigenvalue weighted by molar-refractivity contribution is 6.34. The number of fused-ring (bicyclic) bond motifs is 1. The number of anilines is 1. The van der Waals surface area contributed by atoms with Gasteiger partial charge in [0.05, 0.1) is 17.1 Å². The van der Waals surface area contributed by atoms with Crippen molar-refractivity contribution in [2.45, 2.75) is 12.0 Å². The molecule has 0 saturated carbocycles. The highest BCUT2D eigenvalue weighted by Gasteiger charge is 2.40. The Balaban J connectivity index is 1.58. The Kier molecular flexibility index (Phi) is 6.34. The predicted molar refractivity (Wildman–Crippen MR) is 116 cm³/mol. The van der Waals surface area contributed by atoms with Crippen molar-refractivity contribution < 1.29 is 31.9 Å². The number of halogens is 6. The van der Waals surface area contributed by atoms with E-state index in [4.69, 9.17) is 17.3 Å². The number of rotatable bonds is 6. The maximum atomic E-state index is 15.3. The first-order valence-corrected chi connectivity index (χ1v) is 10.2. The van der Waals surface area contributed by atoms with Gasteiger partial charge in [-0.3, -0.25) is 4.79 Å². The van der Waals surface area contributed by atoms with Gasteiger partial charge in [0.15, 0.2) is 5.65 Å². The molecular formula is C22H15ClF5N5O2. The summed E-state index contributed by atoms with van der Waals surface area (Å²) in [5.41, 5.74) is 4.57. The van der Waals surface area contributed by atoms with Gasteiger partial charge in [-0.15, -0.1) is 5.10 Å². The van der Waals surface area contributed by atoms with Crippen molar-refractivity contribution in [2.24, 2.45) is 0 Å². The van der Waals surface area contributed by atoms with E-state index in [0.29, 0.717) is 23.8 Å². The van der Waals surface area contributed by atoms with Crippen molar-refractivity contribution in [3.05, 3.63) is 82.3 Å². The largest absolute Gasteiger partial charge is 0.382 e. The van der Waals surface area contributed by atoms with Gasteiger partial charge in [-0.05, 0) is 47.5 Å².